The van der Waals surface area contributed by atoms with Crippen LogP contribution >= 0.6 is 0 Å². The van der Waals surface area contributed by atoms with Gasteiger partial charge >= 0.3 is 0 Å². The van der Waals surface area contributed by atoms with Crippen molar-refractivity contribution in [3.63, 3.8) is 0 Å². The minimum Gasteiger partial charge on any atom is -0.407 e. The summed E-state index contributed by atoms with van der Waals surface area (Å²) >= 11 is 0. The van der Waals surface area contributed by atoms with E-state index < -0.39 is 14.4 Å². The number of fused-ring (bicyclic) bond motifs is 1. The monoisotopic (exact) mass is 440 g/mol. The van der Waals surface area contributed by atoms with Crippen LogP contribution in [0.15, 0.2) is 60.7 Å². The van der Waals surface area contributed by atoms with E-state index in [9.17, 15) is 5.11 Å². The van der Waals surface area contributed by atoms with Gasteiger partial charge in [0, 0.05) is 19.6 Å². The second kappa shape index (κ2) is 9.55. The molecular formula is C26H36O4Si. The van der Waals surface area contributed by atoms with Crippen molar-refractivity contribution in [1.82, 2.24) is 0 Å². The first-order valence-corrected chi connectivity index (χ1v) is 13.5. The molecule has 2 saturated heterocycles. The molecule has 1 N–H and O–H groups in total. The van der Waals surface area contributed by atoms with Gasteiger partial charge < -0.3 is 19.0 Å². The summed E-state index contributed by atoms with van der Waals surface area (Å²) in [5.41, 5.74) is 0. The first-order chi connectivity index (χ1) is 14.9. The van der Waals surface area contributed by atoms with Gasteiger partial charge in [-0.05, 0) is 34.7 Å². The van der Waals surface area contributed by atoms with E-state index >= 15 is 0 Å². The number of rotatable bonds is 6. The second-order valence-corrected chi connectivity index (χ2v) is 14.2. The Morgan fingerprint density at radius 2 is 1.58 bits per heavy atom. The highest BCUT2D eigenvalue weighted by atomic mass is 28.4. The minimum atomic E-state index is -2.55. The summed E-state index contributed by atoms with van der Waals surface area (Å²) in [7, 11) is -2.55. The van der Waals surface area contributed by atoms with Gasteiger partial charge in [-0.25, -0.2) is 0 Å². The molecule has 2 aromatic rings. The van der Waals surface area contributed by atoms with Crippen LogP contribution in [0.3, 0.4) is 0 Å². The lowest BCUT2D eigenvalue weighted by atomic mass is 9.93. The zero-order chi connectivity index (χ0) is 21.9. The van der Waals surface area contributed by atoms with Crippen LogP contribution in [0.25, 0.3) is 0 Å². The highest BCUT2D eigenvalue weighted by Crippen LogP contribution is 2.37. The molecule has 2 fully saturated rings. The highest BCUT2D eigenvalue weighted by Gasteiger charge is 2.50. The topological polar surface area (TPSA) is 47.9 Å². The average molecular weight is 441 g/mol. The molecule has 0 aliphatic carbocycles. The van der Waals surface area contributed by atoms with Crippen molar-refractivity contribution in [2.45, 2.75) is 75.9 Å². The maximum absolute atomic E-state index is 10.7. The summed E-state index contributed by atoms with van der Waals surface area (Å²) in [5, 5.41) is 13.2. The first-order valence-electron chi connectivity index (χ1n) is 11.6. The molecule has 2 aliphatic heterocycles. The fraction of sp³-hybridized carbons (Fsp3) is 0.538. The van der Waals surface area contributed by atoms with Crippen molar-refractivity contribution in [1.29, 1.82) is 0 Å². The van der Waals surface area contributed by atoms with Gasteiger partial charge in [-0.15, -0.1) is 0 Å². The Balaban J connectivity index is 1.56. The molecule has 4 rings (SSSR count). The van der Waals surface area contributed by atoms with E-state index in [0.29, 0.717) is 19.4 Å². The van der Waals surface area contributed by atoms with E-state index in [1.807, 2.05) is 0 Å². The molecule has 0 radical (unpaired) electrons. The van der Waals surface area contributed by atoms with Gasteiger partial charge in [-0.2, -0.15) is 0 Å². The van der Waals surface area contributed by atoms with Crippen molar-refractivity contribution >= 4 is 18.7 Å². The third-order valence-electron chi connectivity index (χ3n) is 6.77. The molecular weight excluding hydrogens is 404 g/mol. The Kier molecular flexibility index (Phi) is 6.99. The predicted octanol–water partition coefficient (Wildman–Crippen LogP) is 3.65. The number of hydrogen-bond donors (Lipinski definition) is 1. The molecule has 4 nitrogen and oxygen atoms in total. The predicted molar refractivity (Wildman–Crippen MR) is 126 cm³/mol. The Morgan fingerprint density at radius 3 is 2.16 bits per heavy atom. The summed E-state index contributed by atoms with van der Waals surface area (Å²) in [5.74, 6) is 0. The van der Waals surface area contributed by atoms with Gasteiger partial charge in [0.1, 0.15) is 0 Å². The average Bonchev–Trinajstić information content (AvgIpc) is 2.77. The lowest BCUT2D eigenvalue weighted by molar-refractivity contribution is -0.204. The number of aliphatic hydroxyl groups is 1. The Bertz CT molecular complexity index is 781. The maximum atomic E-state index is 10.7. The van der Waals surface area contributed by atoms with Crippen LogP contribution in [0.2, 0.25) is 5.04 Å². The van der Waals surface area contributed by atoms with E-state index in [0.717, 1.165) is 19.4 Å². The molecule has 2 aliphatic rings. The molecule has 168 valence electrons. The van der Waals surface area contributed by atoms with Gasteiger partial charge in [-0.3, -0.25) is 0 Å². The van der Waals surface area contributed by atoms with Crippen LogP contribution < -0.4 is 10.4 Å². The van der Waals surface area contributed by atoms with Crippen LogP contribution in [0.5, 0.6) is 0 Å². The van der Waals surface area contributed by atoms with Crippen molar-refractivity contribution in [2.24, 2.45) is 0 Å². The minimum absolute atomic E-state index is 0.0394. The quantitative estimate of drug-likeness (QED) is 0.697. The molecule has 2 aromatic carbocycles. The van der Waals surface area contributed by atoms with Gasteiger partial charge in [0.25, 0.3) is 8.32 Å². The van der Waals surface area contributed by atoms with Gasteiger partial charge in [0.15, 0.2) is 0 Å². The molecule has 31 heavy (non-hydrogen) atoms. The summed E-state index contributed by atoms with van der Waals surface area (Å²) in [6.07, 6.45) is 2.85. The third kappa shape index (κ3) is 4.66. The molecule has 0 saturated carbocycles. The van der Waals surface area contributed by atoms with Gasteiger partial charge in [0.05, 0.1) is 24.4 Å². The molecule has 0 amide bonds. The number of ether oxygens (including phenoxy) is 2. The van der Waals surface area contributed by atoms with Crippen molar-refractivity contribution in [3.8, 4) is 0 Å². The van der Waals surface area contributed by atoms with Crippen LogP contribution in [0.1, 0.15) is 46.5 Å². The lowest BCUT2D eigenvalue weighted by Gasteiger charge is -2.44. The molecule has 4 atom stereocenters. The standard InChI is InChI=1S/C26H36O4Si/c1-26(2,3)31(20-11-6-4-7-12-20,21-13-8-5-9-14-21)29-18-16-23-22(27)19-25-24(30-23)15-10-17-28-25/h4-9,11-14,22-25,27H,10,15-19H2,1-3H3/t22-,23+,24-,25+/m1/s1. The summed E-state index contributed by atoms with van der Waals surface area (Å²) in [4.78, 5) is 0. The summed E-state index contributed by atoms with van der Waals surface area (Å²) in [6, 6.07) is 21.4. The lowest BCUT2D eigenvalue weighted by Crippen LogP contribution is -2.66. The fourth-order valence-electron chi connectivity index (χ4n) is 5.24. The zero-order valence-electron chi connectivity index (χ0n) is 19.0. The van der Waals surface area contributed by atoms with Crippen LogP contribution in [0, 0.1) is 0 Å². The van der Waals surface area contributed by atoms with Crippen molar-refractivity contribution in [3.05, 3.63) is 60.7 Å². The van der Waals surface area contributed by atoms with E-state index in [2.05, 4.69) is 81.4 Å². The second-order valence-electron chi connectivity index (χ2n) is 9.87. The Morgan fingerprint density at radius 1 is 0.968 bits per heavy atom. The maximum Gasteiger partial charge on any atom is 0.261 e. The molecule has 0 aromatic heterocycles. The molecule has 0 bridgehead atoms. The van der Waals surface area contributed by atoms with Crippen molar-refractivity contribution in [2.75, 3.05) is 13.2 Å². The first kappa shape index (κ1) is 22.7. The summed E-state index contributed by atoms with van der Waals surface area (Å²) in [6.45, 7) is 8.20. The summed E-state index contributed by atoms with van der Waals surface area (Å²) < 4.78 is 19.1. The van der Waals surface area contributed by atoms with Gasteiger partial charge in [-0.1, -0.05) is 81.4 Å². The highest BCUT2D eigenvalue weighted by molar-refractivity contribution is 6.99. The number of benzene rings is 2. The largest absolute Gasteiger partial charge is 0.407 e. The van der Waals surface area contributed by atoms with E-state index in [1.54, 1.807) is 0 Å². The fourth-order valence-corrected chi connectivity index (χ4v) is 9.82. The van der Waals surface area contributed by atoms with Crippen molar-refractivity contribution < 1.29 is 19.0 Å². The van der Waals surface area contributed by atoms with Crippen LogP contribution in [-0.2, 0) is 13.9 Å². The number of hydrogen-bond acceptors (Lipinski definition) is 4. The molecule has 5 heteroatoms. The Hall–Kier alpha value is -1.50. The number of aliphatic hydroxyl groups excluding tert-OH is 1. The van der Waals surface area contributed by atoms with Gasteiger partial charge in [0.2, 0.25) is 0 Å². The van der Waals surface area contributed by atoms with Crippen LogP contribution in [0.4, 0.5) is 0 Å². The van der Waals surface area contributed by atoms with E-state index in [1.165, 1.54) is 10.4 Å². The van der Waals surface area contributed by atoms with Crippen LogP contribution in [-0.4, -0.2) is 51.1 Å². The smallest absolute Gasteiger partial charge is 0.261 e. The zero-order valence-corrected chi connectivity index (χ0v) is 20.0. The third-order valence-corrected chi connectivity index (χ3v) is 11.8. The Labute approximate surface area is 187 Å². The normalized spacial score (nSPS) is 27.0. The van der Waals surface area contributed by atoms with E-state index in [-0.39, 0.29) is 23.4 Å². The molecule has 0 unspecified atom stereocenters. The molecule has 0 spiro atoms. The SMILES string of the molecule is CC(C)(C)[Si](OCC[C@@H]1O[C@@H]2CCCO[C@H]2C[C@H]1O)(c1ccccc1)c1ccccc1. The van der Waals surface area contributed by atoms with E-state index in [4.69, 9.17) is 13.9 Å². The molecule has 2 heterocycles.